The molecule has 0 unspecified atom stereocenters. The number of ether oxygens (including phenoxy) is 2. The van der Waals surface area contributed by atoms with Crippen molar-refractivity contribution in [1.29, 1.82) is 0 Å². The summed E-state index contributed by atoms with van der Waals surface area (Å²) in [5.74, 6) is -0.122. The zero-order chi connectivity index (χ0) is 15.2. The van der Waals surface area contributed by atoms with Gasteiger partial charge in [-0.2, -0.15) is 0 Å². The fourth-order valence-corrected chi connectivity index (χ4v) is 1.76. The number of hydrogen-bond acceptors (Lipinski definition) is 4. The number of ketones is 1. The van der Waals surface area contributed by atoms with Gasteiger partial charge in [0, 0.05) is 11.3 Å². The summed E-state index contributed by atoms with van der Waals surface area (Å²) in [5.41, 5.74) is 0.803. The molecule has 0 atom stereocenters. The lowest BCUT2D eigenvalue weighted by Gasteiger charge is -2.06. The highest BCUT2D eigenvalue weighted by molar-refractivity contribution is 6.46. The molecule has 0 radical (unpaired) electrons. The average molecular weight is 285 g/mol. The van der Waals surface area contributed by atoms with Gasteiger partial charge in [-0.25, -0.2) is 0 Å². The summed E-state index contributed by atoms with van der Waals surface area (Å²) in [6, 6.07) is 13.2. The maximum absolute atomic E-state index is 12.0. The van der Waals surface area contributed by atoms with Crippen LogP contribution >= 0.6 is 0 Å². The number of nitrogens with one attached hydrogen (secondary N) is 1. The fourth-order valence-electron chi connectivity index (χ4n) is 1.76. The van der Waals surface area contributed by atoms with E-state index in [0.717, 1.165) is 0 Å². The molecule has 2 rings (SSSR count). The van der Waals surface area contributed by atoms with Gasteiger partial charge in [-0.15, -0.1) is 0 Å². The van der Waals surface area contributed by atoms with E-state index < -0.39 is 11.7 Å². The topological polar surface area (TPSA) is 64.6 Å². The van der Waals surface area contributed by atoms with Crippen LogP contribution in [0.3, 0.4) is 0 Å². The molecule has 5 heteroatoms. The summed E-state index contributed by atoms with van der Waals surface area (Å²) in [7, 11) is 3.06. The highest BCUT2D eigenvalue weighted by Gasteiger charge is 2.16. The SMILES string of the molecule is COc1ccc(NC(=O)C(=O)c2cccc(OC)c2)cc1. The van der Waals surface area contributed by atoms with Gasteiger partial charge in [0.05, 0.1) is 14.2 Å². The lowest BCUT2D eigenvalue weighted by molar-refractivity contribution is -0.112. The van der Waals surface area contributed by atoms with E-state index >= 15 is 0 Å². The number of carbonyl (C=O) groups is 2. The monoisotopic (exact) mass is 285 g/mol. The first kappa shape index (κ1) is 14.6. The molecule has 21 heavy (non-hydrogen) atoms. The molecular weight excluding hydrogens is 270 g/mol. The van der Waals surface area contributed by atoms with Crippen molar-refractivity contribution in [3.8, 4) is 11.5 Å². The summed E-state index contributed by atoms with van der Waals surface area (Å²) >= 11 is 0. The van der Waals surface area contributed by atoms with E-state index in [1.165, 1.54) is 13.2 Å². The van der Waals surface area contributed by atoms with Crippen molar-refractivity contribution in [2.24, 2.45) is 0 Å². The van der Waals surface area contributed by atoms with Gasteiger partial charge in [0.25, 0.3) is 11.7 Å². The Hall–Kier alpha value is -2.82. The second-order valence-electron chi connectivity index (χ2n) is 4.24. The zero-order valence-corrected chi connectivity index (χ0v) is 11.8. The number of methoxy groups -OCH3 is 2. The molecule has 5 nitrogen and oxygen atoms in total. The molecule has 1 amide bonds. The maximum atomic E-state index is 12.0. The summed E-state index contributed by atoms with van der Waals surface area (Å²) in [5, 5.41) is 2.54. The average Bonchev–Trinajstić information content (AvgIpc) is 2.54. The van der Waals surface area contributed by atoms with Crippen LogP contribution in [0.4, 0.5) is 5.69 Å². The quantitative estimate of drug-likeness (QED) is 0.677. The van der Waals surface area contributed by atoms with Crippen LogP contribution in [0.5, 0.6) is 11.5 Å². The molecule has 0 saturated carbocycles. The normalized spacial score (nSPS) is 9.81. The Balaban J connectivity index is 2.09. The third kappa shape index (κ3) is 3.60. The van der Waals surface area contributed by atoms with E-state index in [4.69, 9.17) is 9.47 Å². The van der Waals surface area contributed by atoms with E-state index in [2.05, 4.69) is 5.32 Å². The lowest BCUT2D eigenvalue weighted by Crippen LogP contribution is -2.22. The van der Waals surface area contributed by atoms with Crippen LogP contribution in [-0.4, -0.2) is 25.9 Å². The predicted octanol–water partition coefficient (Wildman–Crippen LogP) is 2.53. The molecule has 0 aliphatic rings. The van der Waals surface area contributed by atoms with Crippen LogP contribution in [0, 0.1) is 0 Å². The van der Waals surface area contributed by atoms with E-state index in [9.17, 15) is 9.59 Å². The van der Waals surface area contributed by atoms with Crippen LogP contribution in [0.15, 0.2) is 48.5 Å². The maximum Gasteiger partial charge on any atom is 0.296 e. The summed E-state index contributed by atoms with van der Waals surface area (Å²) in [6.45, 7) is 0. The Morgan fingerprint density at radius 3 is 2.19 bits per heavy atom. The van der Waals surface area contributed by atoms with Crippen molar-refractivity contribution in [2.75, 3.05) is 19.5 Å². The Labute approximate surface area is 122 Å². The van der Waals surface area contributed by atoms with Crippen molar-refractivity contribution in [1.82, 2.24) is 0 Å². The first-order valence-corrected chi connectivity index (χ1v) is 6.28. The number of rotatable bonds is 5. The van der Waals surface area contributed by atoms with E-state index in [-0.39, 0.29) is 5.56 Å². The molecule has 0 bridgehead atoms. The smallest absolute Gasteiger partial charge is 0.296 e. The Morgan fingerprint density at radius 2 is 1.57 bits per heavy atom. The fraction of sp³-hybridized carbons (Fsp3) is 0.125. The molecule has 0 saturated heterocycles. The summed E-state index contributed by atoms with van der Waals surface area (Å²) in [6.07, 6.45) is 0. The van der Waals surface area contributed by atoms with E-state index in [1.807, 2.05) is 0 Å². The predicted molar refractivity (Wildman–Crippen MR) is 78.9 cm³/mol. The molecule has 0 aromatic heterocycles. The van der Waals surface area contributed by atoms with Gasteiger partial charge in [0.1, 0.15) is 11.5 Å². The Morgan fingerprint density at radius 1 is 0.905 bits per heavy atom. The number of Topliss-reactive ketones (excluding diaryl/α,β-unsaturated/α-hetero) is 1. The Bertz CT molecular complexity index is 650. The molecular formula is C16H15NO4. The van der Waals surface area contributed by atoms with Gasteiger partial charge in [-0.05, 0) is 36.4 Å². The van der Waals surface area contributed by atoms with Gasteiger partial charge in [-0.3, -0.25) is 9.59 Å². The van der Waals surface area contributed by atoms with Crippen molar-refractivity contribution in [2.45, 2.75) is 0 Å². The molecule has 2 aromatic carbocycles. The minimum absolute atomic E-state index is 0.278. The molecule has 2 aromatic rings. The van der Waals surface area contributed by atoms with E-state index in [1.54, 1.807) is 49.6 Å². The van der Waals surface area contributed by atoms with E-state index in [0.29, 0.717) is 17.2 Å². The number of anilines is 1. The minimum atomic E-state index is -0.701. The molecule has 0 spiro atoms. The minimum Gasteiger partial charge on any atom is -0.497 e. The van der Waals surface area contributed by atoms with Crippen molar-refractivity contribution in [3.63, 3.8) is 0 Å². The van der Waals surface area contributed by atoms with Crippen molar-refractivity contribution >= 4 is 17.4 Å². The molecule has 0 heterocycles. The van der Waals surface area contributed by atoms with Crippen LogP contribution in [0.2, 0.25) is 0 Å². The third-order valence-corrected chi connectivity index (χ3v) is 2.89. The zero-order valence-electron chi connectivity index (χ0n) is 11.8. The van der Waals surface area contributed by atoms with Gasteiger partial charge in [-0.1, -0.05) is 12.1 Å². The van der Waals surface area contributed by atoms with Crippen molar-refractivity contribution in [3.05, 3.63) is 54.1 Å². The second kappa shape index (κ2) is 6.56. The highest BCUT2D eigenvalue weighted by Crippen LogP contribution is 2.16. The largest absolute Gasteiger partial charge is 0.497 e. The van der Waals surface area contributed by atoms with Crippen molar-refractivity contribution < 1.29 is 19.1 Å². The van der Waals surface area contributed by atoms with Crippen LogP contribution in [-0.2, 0) is 4.79 Å². The first-order chi connectivity index (χ1) is 10.1. The molecule has 1 N–H and O–H groups in total. The van der Waals surface area contributed by atoms with Gasteiger partial charge < -0.3 is 14.8 Å². The summed E-state index contributed by atoms with van der Waals surface area (Å²) in [4.78, 5) is 24.0. The molecule has 0 aliphatic heterocycles. The standard InChI is InChI=1S/C16H15NO4/c1-20-13-8-6-12(7-9-13)17-16(19)15(18)11-4-3-5-14(10-11)21-2/h3-10H,1-2H3,(H,17,19). The van der Waals surface area contributed by atoms with Gasteiger partial charge in [0.15, 0.2) is 0 Å². The molecule has 0 aliphatic carbocycles. The highest BCUT2D eigenvalue weighted by atomic mass is 16.5. The number of hydrogen-bond donors (Lipinski definition) is 1. The van der Waals surface area contributed by atoms with Crippen LogP contribution < -0.4 is 14.8 Å². The van der Waals surface area contributed by atoms with Crippen LogP contribution in [0.25, 0.3) is 0 Å². The first-order valence-electron chi connectivity index (χ1n) is 6.28. The van der Waals surface area contributed by atoms with Gasteiger partial charge in [0.2, 0.25) is 0 Å². The number of carbonyl (C=O) groups excluding carboxylic acids is 2. The van der Waals surface area contributed by atoms with Crippen LogP contribution in [0.1, 0.15) is 10.4 Å². The Kier molecular flexibility index (Phi) is 4.56. The third-order valence-electron chi connectivity index (χ3n) is 2.89. The molecule has 0 fully saturated rings. The second-order valence-corrected chi connectivity index (χ2v) is 4.24. The lowest BCUT2D eigenvalue weighted by atomic mass is 10.1. The van der Waals surface area contributed by atoms with Gasteiger partial charge >= 0.3 is 0 Å². The number of benzene rings is 2. The number of amides is 1. The summed E-state index contributed by atoms with van der Waals surface area (Å²) < 4.78 is 10.1. The molecule has 108 valence electrons.